The second kappa shape index (κ2) is 12.0. The number of hydrogen-bond acceptors (Lipinski definition) is 6. The zero-order valence-corrected chi connectivity index (χ0v) is 16.8. The first-order valence-corrected chi connectivity index (χ1v) is 8.90. The highest BCUT2D eigenvalue weighted by Gasteiger charge is 2.47. The van der Waals surface area contributed by atoms with E-state index in [0.717, 1.165) is 45.6 Å². The predicted octanol–water partition coefficient (Wildman–Crippen LogP) is 0.796. The zero-order chi connectivity index (χ0) is 24.5. The first kappa shape index (κ1) is 28.9. The molecule has 2 rings (SSSR count). The normalized spacial score (nSPS) is 19.1. The summed E-state index contributed by atoms with van der Waals surface area (Å²) in [6, 6.07) is 0. The molecule has 0 atom stereocenters. The van der Waals surface area contributed by atoms with Crippen molar-refractivity contribution in [3.05, 3.63) is 0 Å². The van der Waals surface area contributed by atoms with Crippen LogP contribution in [0.1, 0.15) is 12.8 Å². The van der Waals surface area contributed by atoms with Crippen molar-refractivity contribution >= 4 is 17.8 Å². The van der Waals surface area contributed by atoms with Crippen molar-refractivity contribution in [1.29, 1.82) is 0 Å². The summed E-state index contributed by atoms with van der Waals surface area (Å²) >= 11 is 0. The van der Waals surface area contributed by atoms with E-state index in [4.69, 9.17) is 24.5 Å². The fourth-order valence-corrected chi connectivity index (χ4v) is 2.89. The first-order chi connectivity index (χ1) is 14.1. The van der Waals surface area contributed by atoms with Crippen molar-refractivity contribution in [1.82, 2.24) is 15.1 Å². The van der Waals surface area contributed by atoms with E-state index < -0.39 is 24.3 Å². The Morgan fingerprint density at radius 1 is 1.03 bits per heavy atom. The van der Waals surface area contributed by atoms with Gasteiger partial charge in [-0.15, -0.1) is 0 Å². The topological polar surface area (TPSA) is 119 Å². The largest absolute Gasteiger partial charge is 0.490 e. The van der Waals surface area contributed by atoms with Gasteiger partial charge in [-0.1, -0.05) is 0 Å². The van der Waals surface area contributed by atoms with Gasteiger partial charge in [0.05, 0.1) is 6.61 Å². The van der Waals surface area contributed by atoms with Crippen molar-refractivity contribution < 1.29 is 55.7 Å². The number of carbonyl (C=O) groups is 3. The number of piperazine rings is 1. The molecule has 0 unspecified atom stereocenters. The van der Waals surface area contributed by atoms with Gasteiger partial charge in [-0.05, 0) is 33.0 Å². The molecule has 1 spiro atoms. The van der Waals surface area contributed by atoms with E-state index in [9.17, 15) is 31.1 Å². The summed E-state index contributed by atoms with van der Waals surface area (Å²) < 4.78 is 68.5. The molecule has 9 nitrogen and oxygen atoms in total. The molecule has 2 heterocycles. The van der Waals surface area contributed by atoms with E-state index in [1.54, 1.807) is 7.11 Å². The number of nitrogens with one attached hydrogen (secondary N) is 1. The summed E-state index contributed by atoms with van der Waals surface area (Å²) in [6.07, 6.45) is -8.32. The monoisotopic (exact) mass is 469 g/mol. The van der Waals surface area contributed by atoms with Crippen LogP contribution in [0.5, 0.6) is 0 Å². The lowest BCUT2D eigenvalue weighted by Crippen LogP contribution is -2.67. The van der Waals surface area contributed by atoms with Crippen molar-refractivity contribution in [2.75, 3.05) is 53.5 Å². The Balaban J connectivity index is 0.000000536. The first-order valence-electron chi connectivity index (χ1n) is 8.90. The maximum absolute atomic E-state index is 12.6. The van der Waals surface area contributed by atoms with E-state index in [2.05, 4.69) is 17.3 Å². The second-order valence-corrected chi connectivity index (χ2v) is 6.59. The lowest BCUT2D eigenvalue weighted by Gasteiger charge is -2.50. The minimum Gasteiger partial charge on any atom is -0.475 e. The average molecular weight is 469 g/mol. The highest BCUT2D eigenvalue weighted by molar-refractivity contribution is 5.87. The van der Waals surface area contributed by atoms with Crippen molar-refractivity contribution in [3.8, 4) is 0 Å². The molecule has 0 aromatic carbocycles. The number of nitrogens with zero attached hydrogens (tertiary/aromatic N) is 2. The van der Waals surface area contributed by atoms with Crippen LogP contribution in [0.3, 0.4) is 0 Å². The van der Waals surface area contributed by atoms with Gasteiger partial charge < -0.3 is 25.2 Å². The number of rotatable bonds is 3. The van der Waals surface area contributed by atoms with Gasteiger partial charge in [0.2, 0.25) is 5.91 Å². The van der Waals surface area contributed by atoms with Gasteiger partial charge in [-0.3, -0.25) is 9.69 Å². The Labute approximate surface area is 173 Å². The summed E-state index contributed by atoms with van der Waals surface area (Å²) in [4.78, 5) is 34.6. The number of methoxy groups -OCH3 is 1. The number of amides is 1. The van der Waals surface area contributed by atoms with Crippen LogP contribution in [0.2, 0.25) is 0 Å². The van der Waals surface area contributed by atoms with Gasteiger partial charge in [0.15, 0.2) is 0 Å². The summed E-state index contributed by atoms with van der Waals surface area (Å²) in [5.74, 6) is -5.22. The Bertz CT molecular complexity index is 582. The number of likely N-dealkylation sites (N-methyl/N-ethyl adjacent to an activating group) is 1. The van der Waals surface area contributed by atoms with E-state index >= 15 is 0 Å². The van der Waals surface area contributed by atoms with Crippen molar-refractivity contribution in [2.45, 2.75) is 30.7 Å². The molecule has 15 heteroatoms. The van der Waals surface area contributed by atoms with Crippen LogP contribution >= 0.6 is 0 Å². The van der Waals surface area contributed by atoms with Crippen LogP contribution in [0, 0.1) is 0 Å². The number of carboxylic acid groups (broad SMARTS) is 2. The number of alkyl halides is 6. The molecule has 0 saturated carbocycles. The molecule has 0 aromatic rings. The number of carboxylic acids is 2. The van der Waals surface area contributed by atoms with E-state index in [0.29, 0.717) is 12.5 Å². The highest BCUT2D eigenvalue weighted by atomic mass is 19.4. The van der Waals surface area contributed by atoms with Gasteiger partial charge in [0.25, 0.3) is 0 Å². The molecule has 31 heavy (non-hydrogen) atoms. The SMILES string of the molecule is COCCN1CCN(C)C2(CCNCC2)C1=O.O=C(O)C(F)(F)F.O=C(O)C(F)(F)F. The van der Waals surface area contributed by atoms with Crippen LogP contribution in [-0.4, -0.2) is 109 Å². The van der Waals surface area contributed by atoms with E-state index in [-0.39, 0.29) is 5.54 Å². The highest BCUT2D eigenvalue weighted by Crippen LogP contribution is 2.30. The van der Waals surface area contributed by atoms with Gasteiger partial charge in [-0.25, -0.2) is 9.59 Å². The van der Waals surface area contributed by atoms with Crippen LogP contribution in [-0.2, 0) is 19.1 Å². The number of piperidine rings is 1. The molecule has 0 aromatic heterocycles. The molecular weight excluding hydrogens is 444 g/mol. The summed E-state index contributed by atoms with van der Waals surface area (Å²) in [6.45, 7) is 5.02. The quantitative estimate of drug-likeness (QED) is 0.520. The fraction of sp³-hybridized carbons (Fsp3) is 0.812. The van der Waals surface area contributed by atoms with Gasteiger partial charge in [0.1, 0.15) is 5.54 Å². The number of hydrogen-bond donors (Lipinski definition) is 3. The van der Waals surface area contributed by atoms with Gasteiger partial charge >= 0.3 is 24.3 Å². The molecule has 2 saturated heterocycles. The third kappa shape index (κ3) is 9.26. The summed E-state index contributed by atoms with van der Waals surface area (Å²) in [5.41, 5.74) is -0.253. The molecule has 2 aliphatic rings. The van der Waals surface area contributed by atoms with Crippen LogP contribution < -0.4 is 5.32 Å². The lowest BCUT2D eigenvalue weighted by atomic mass is 9.83. The number of carbonyl (C=O) groups excluding carboxylic acids is 1. The standard InChI is InChI=1S/C12H23N3O2.2C2HF3O2/c1-14-7-8-15(9-10-17-2)11(16)12(14)3-5-13-6-4-12;2*3-2(4,5)1(6)7/h13H,3-10H2,1-2H3;2*(H,6,7). The molecule has 0 bridgehead atoms. The molecule has 3 N–H and O–H groups in total. The maximum Gasteiger partial charge on any atom is 0.490 e. The third-order valence-electron chi connectivity index (χ3n) is 4.60. The summed E-state index contributed by atoms with van der Waals surface area (Å²) in [7, 11) is 3.76. The molecule has 2 aliphatic heterocycles. The Morgan fingerprint density at radius 3 is 1.81 bits per heavy atom. The lowest BCUT2D eigenvalue weighted by molar-refractivity contribution is -0.193. The minimum absolute atomic E-state index is 0.253. The Kier molecular flexibility index (Phi) is 11.2. The van der Waals surface area contributed by atoms with Crippen LogP contribution in [0.15, 0.2) is 0 Å². The molecule has 1 amide bonds. The summed E-state index contributed by atoms with van der Waals surface area (Å²) in [5, 5.41) is 17.6. The second-order valence-electron chi connectivity index (χ2n) is 6.59. The van der Waals surface area contributed by atoms with Crippen molar-refractivity contribution in [3.63, 3.8) is 0 Å². The number of ether oxygens (including phenoxy) is 1. The van der Waals surface area contributed by atoms with Crippen molar-refractivity contribution in [2.24, 2.45) is 0 Å². The smallest absolute Gasteiger partial charge is 0.475 e. The third-order valence-corrected chi connectivity index (χ3v) is 4.60. The predicted molar refractivity (Wildman–Crippen MR) is 93.3 cm³/mol. The van der Waals surface area contributed by atoms with Crippen LogP contribution in [0.4, 0.5) is 26.3 Å². The van der Waals surface area contributed by atoms with E-state index in [1.165, 1.54) is 0 Å². The molecular formula is C16H25F6N3O6. The number of halogens is 6. The number of aliphatic carboxylic acids is 2. The van der Waals surface area contributed by atoms with Gasteiger partial charge in [-0.2, -0.15) is 26.3 Å². The average Bonchev–Trinajstić information content (AvgIpc) is 2.66. The van der Waals surface area contributed by atoms with Gasteiger partial charge in [0, 0.05) is 26.7 Å². The molecule has 0 aliphatic carbocycles. The molecule has 0 radical (unpaired) electrons. The molecule has 182 valence electrons. The fourth-order valence-electron chi connectivity index (χ4n) is 2.89. The van der Waals surface area contributed by atoms with E-state index in [1.807, 2.05) is 4.90 Å². The minimum atomic E-state index is -5.08. The molecule has 2 fully saturated rings. The Morgan fingerprint density at radius 2 is 1.45 bits per heavy atom. The Hall–Kier alpha value is -2.13. The van der Waals surface area contributed by atoms with Crippen LogP contribution in [0.25, 0.3) is 0 Å². The zero-order valence-electron chi connectivity index (χ0n) is 16.8. The maximum atomic E-state index is 12.6.